The van der Waals surface area contributed by atoms with E-state index in [1.165, 1.54) is 10.1 Å². The molecule has 0 spiro atoms. The van der Waals surface area contributed by atoms with Gasteiger partial charge in [0, 0.05) is 0 Å². The van der Waals surface area contributed by atoms with E-state index in [-0.39, 0.29) is 6.47 Å². The fourth-order valence-electron chi connectivity index (χ4n) is 0.947. The maximum atomic E-state index is 8.36. The topological polar surface area (TPSA) is 50.2 Å². The number of carboxylic acid groups (broad SMARTS) is 1. The third-order valence-corrected chi connectivity index (χ3v) is 3.18. The van der Waals surface area contributed by atoms with Gasteiger partial charge in [-0.1, -0.05) is 0 Å². The van der Waals surface area contributed by atoms with Crippen molar-refractivity contribution in [2.24, 2.45) is 0 Å². The molecule has 14 heavy (non-hydrogen) atoms. The summed E-state index contributed by atoms with van der Waals surface area (Å²) in [5, 5.41) is 6.89. The van der Waals surface area contributed by atoms with Gasteiger partial charge in [0.2, 0.25) is 0 Å². The SMILES string of the molecule is O=CO.c1ccc(-c2ncc[se]2)cc1. The second-order valence-corrected chi connectivity index (χ2v) is 4.19. The van der Waals surface area contributed by atoms with Crippen LogP contribution >= 0.6 is 0 Å². The van der Waals surface area contributed by atoms with Crippen molar-refractivity contribution in [2.45, 2.75) is 0 Å². The zero-order valence-corrected chi connectivity index (χ0v) is 9.04. The molecule has 0 saturated heterocycles. The van der Waals surface area contributed by atoms with Gasteiger partial charge in [-0.15, -0.1) is 0 Å². The number of benzene rings is 1. The van der Waals surface area contributed by atoms with Crippen LogP contribution in [0.25, 0.3) is 10.1 Å². The van der Waals surface area contributed by atoms with Gasteiger partial charge >= 0.3 is 71.1 Å². The summed E-state index contributed by atoms with van der Waals surface area (Å²) < 4.78 is 1.23. The first-order chi connectivity index (χ1) is 6.88. The summed E-state index contributed by atoms with van der Waals surface area (Å²) in [6.45, 7) is -0.250. The predicted molar refractivity (Wildman–Crippen MR) is 55.3 cm³/mol. The van der Waals surface area contributed by atoms with Crippen molar-refractivity contribution in [1.82, 2.24) is 4.98 Å². The molecular weight excluding hydrogens is 245 g/mol. The van der Waals surface area contributed by atoms with E-state index in [1.54, 1.807) is 0 Å². The second-order valence-electron chi connectivity index (χ2n) is 2.31. The second kappa shape index (κ2) is 6.13. The summed E-state index contributed by atoms with van der Waals surface area (Å²) in [5.41, 5.74) is 1.26. The molecule has 0 saturated carbocycles. The molecule has 0 atom stereocenters. The standard InChI is InChI=1S/C9H7NSe.CH2O2/c1-2-4-8(5-3-1)9-10-6-7-11-9;2-1-3/h1-7H;1H,(H,2,3). The minimum absolute atomic E-state index is 0.250. The first kappa shape index (κ1) is 10.7. The first-order valence-corrected chi connectivity index (χ1v) is 5.76. The summed E-state index contributed by atoms with van der Waals surface area (Å²) in [7, 11) is 0. The zero-order valence-electron chi connectivity index (χ0n) is 7.33. The average Bonchev–Trinajstić information content (AvgIpc) is 2.73. The van der Waals surface area contributed by atoms with E-state index in [0.29, 0.717) is 14.5 Å². The van der Waals surface area contributed by atoms with Crippen LogP contribution in [0.1, 0.15) is 0 Å². The number of carbonyl (C=O) groups is 1. The molecule has 1 aromatic carbocycles. The monoisotopic (exact) mass is 255 g/mol. The molecule has 4 heteroatoms. The van der Waals surface area contributed by atoms with E-state index in [1.807, 2.05) is 24.4 Å². The Balaban J connectivity index is 0.000000293. The minimum atomic E-state index is -0.250. The molecule has 1 aromatic heterocycles. The average molecular weight is 254 g/mol. The summed E-state index contributed by atoms with van der Waals surface area (Å²) in [6.07, 6.45) is 1.89. The first-order valence-electron chi connectivity index (χ1n) is 3.91. The van der Waals surface area contributed by atoms with Crippen molar-refractivity contribution in [3.63, 3.8) is 0 Å². The molecule has 2 aromatic rings. The van der Waals surface area contributed by atoms with Gasteiger partial charge in [0.1, 0.15) is 0 Å². The van der Waals surface area contributed by atoms with Crippen LogP contribution < -0.4 is 0 Å². The Kier molecular flexibility index (Phi) is 4.69. The van der Waals surface area contributed by atoms with Crippen molar-refractivity contribution < 1.29 is 9.90 Å². The Morgan fingerprint density at radius 3 is 2.43 bits per heavy atom. The number of nitrogens with zero attached hydrogens (tertiary/aromatic N) is 1. The number of rotatable bonds is 1. The Bertz CT molecular complexity index is 359. The van der Waals surface area contributed by atoms with E-state index in [4.69, 9.17) is 9.90 Å². The van der Waals surface area contributed by atoms with Crippen LogP contribution in [-0.2, 0) is 4.79 Å². The van der Waals surface area contributed by atoms with E-state index in [9.17, 15) is 0 Å². The van der Waals surface area contributed by atoms with Crippen molar-refractivity contribution >= 4 is 21.0 Å². The van der Waals surface area contributed by atoms with Gasteiger partial charge in [-0.05, 0) is 0 Å². The Morgan fingerprint density at radius 2 is 1.93 bits per heavy atom. The molecular formula is C10H9NO2Se. The van der Waals surface area contributed by atoms with Gasteiger partial charge in [0.15, 0.2) is 0 Å². The summed E-state index contributed by atoms with van der Waals surface area (Å²) in [4.78, 5) is 14.8. The van der Waals surface area contributed by atoms with Gasteiger partial charge in [0.25, 0.3) is 6.47 Å². The van der Waals surface area contributed by atoms with Gasteiger partial charge in [0.05, 0.1) is 0 Å². The molecule has 0 radical (unpaired) electrons. The summed E-state index contributed by atoms with van der Waals surface area (Å²) in [5.74, 6) is 0. The van der Waals surface area contributed by atoms with Crippen LogP contribution in [0.5, 0.6) is 0 Å². The number of hydrogen-bond acceptors (Lipinski definition) is 2. The predicted octanol–water partition coefficient (Wildman–Crippen LogP) is 1.51. The molecule has 0 aliphatic rings. The third kappa shape index (κ3) is 3.17. The van der Waals surface area contributed by atoms with Crippen LogP contribution in [-0.4, -0.2) is 31.1 Å². The molecule has 0 amide bonds. The van der Waals surface area contributed by atoms with Crippen molar-refractivity contribution in [3.8, 4) is 10.1 Å². The molecule has 72 valence electrons. The zero-order chi connectivity index (χ0) is 10.2. The summed E-state index contributed by atoms with van der Waals surface area (Å²) >= 11 is 0.460. The van der Waals surface area contributed by atoms with Gasteiger partial charge in [-0.2, -0.15) is 0 Å². The summed E-state index contributed by atoms with van der Waals surface area (Å²) in [6, 6.07) is 10.3. The van der Waals surface area contributed by atoms with Crippen LogP contribution in [0.2, 0.25) is 0 Å². The van der Waals surface area contributed by atoms with E-state index in [0.717, 1.165) is 0 Å². The third-order valence-electron chi connectivity index (χ3n) is 1.45. The van der Waals surface area contributed by atoms with E-state index < -0.39 is 0 Å². The van der Waals surface area contributed by atoms with Crippen molar-refractivity contribution in [3.05, 3.63) is 41.5 Å². The molecule has 1 N–H and O–H groups in total. The van der Waals surface area contributed by atoms with Crippen LogP contribution in [0.15, 0.2) is 41.5 Å². The molecule has 0 fully saturated rings. The molecule has 2 rings (SSSR count). The number of hydrogen-bond donors (Lipinski definition) is 1. The fourth-order valence-corrected chi connectivity index (χ4v) is 2.30. The quantitative estimate of drug-likeness (QED) is 0.619. The molecule has 1 heterocycles. The maximum absolute atomic E-state index is 8.36. The van der Waals surface area contributed by atoms with Crippen molar-refractivity contribution in [1.29, 1.82) is 0 Å². The van der Waals surface area contributed by atoms with Crippen LogP contribution in [0.3, 0.4) is 0 Å². The van der Waals surface area contributed by atoms with Crippen LogP contribution in [0, 0.1) is 0 Å². The van der Waals surface area contributed by atoms with E-state index in [2.05, 4.69) is 22.1 Å². The molecule has 0 aliphatic carbocycles. The fraction of sp³-hybridized carbons (Fsp3) is 0. The number of aromatic nitrogens is 1. The molecule has 0 aliphatic heterocycles. The van der Waals surface area contributed by atoms with Gasteiger partial charge in [-0.3, -0.25) is 4.79 Å². The molecule has 0 unspecified atom stereocenters. The molecule has 3 nitrogen and oxygen atoms in total. The Morgan fingerprint density at radius 1 is 1.29 bits per heavy atom. The molecule has 0 bridgehead atoms. The Labute approximate surface area is 87.8 Å². The van der Waals surface area contributed by atoms with Gasteiger partial charge in [-0.25, -0.2) is 0 Å². The van der Waals surface area contributed by atoms with Crippen LogP contribution in [0.4, 0.5) is 0 Å². The van der Waals surface area contributed by atoms with E-state index >= 15 is 0 Å². The van der Waals surface area contributed by atoms with Crippen molar-refractivity contribution in [2.75, 3.05) is 0 Å². The van der Waals surface area contributed by atoms with Gasteiger partial charge < -0.3 is 5.11 Å². The Hall–Kier alpha value is -1.38. The normalized spacial score (nSPS) is 8.57.